The number of nitrogens with zero attached hydrogens (tertiary/aromatic N) is 1. The van der Waals surface area contributed by atoms with E-state index in [1.54, 1.807) is 0 Å². The maximum absolute atomic E-state index is 11.0. The fourth-order valence-corrected chi connectivity index (χ4v) is 2.73. The molecule has 0 saturated carbocycles. The second-order valence-corrected chi connectivity index (χ2v) is 5.58. The van der Waals surface area contributed by atoms with Gasteiger partial charge in [0, 0.05) is 4.90 Å². The number of hydrogen-bond donors (Lipinski definition) is 0. The van der Waals surface area contributed by atoms with E-state index in [0.29, 0.717) is 9.40 Å². The molecule has 0 spiro atoms. The van der Waals surface area contributed by atoms with Crippen LogP contribution in [0.3, 0.4) is 0 Å². The second-order valence-electron chi connectivity index (χ2n) is 3.09. The summed E-state index contributed by atoms with van der Waals surface area (Å²) in [5.41, 5.74) is 1.09. The Morgan fingerprint density at radius 1 is 1.47 bits per heavy atom. The Bertz CT molecular complexity index is 449. The van der Waals surface area contributed by atoms with Gasteiger partial charge in [-0.2, -0.15) is 4.99 Å². The lowest BCUT2D eigenvalue weighted by Crippen LogP contribution is -1.96. The van der Waals surface area contributed by atoms with E-state index in [-0.39, 0.29) is 0 Å². The number of amides is 1. The number of rotatable bonds is 1. The molecule has 1 aromatic carbocycles. The molecule has 0 saturated heterocycles. The van der Waals surface area contributed by atoms with Crippen molar-refractivity contribution in [2.75, 3.05) is 13.4 Å². The van der Waals surface area contributed by atoms with Gasteiger partial charge in [0.05, 0.1) is 12.1 Å². The summed E-state index contributed by atoms with van der Waals surface area (Å²) in [7, 11) is 1.30. The van der Waals surface area contributed by atoms with Crippen molar-refractivity contribution >= 4 is 45.6 Å². The van der Waals surface area contributed by atoms with Crippen LogP contribution in [-0.2, 0) is 4.74 Å². The Labute approximate surface area is 114 Å². The van der Waals surface area contributed by atoms with Gasteiger partial charge in [0.2, 0.25) is 0 Å². The minimum atomic E-state index is -0.606. The number of hydrogen-bond acceptors (Lipinski definition) is 4. The van der Waals surface area contributed by atoms with Gasteiger partial charge < -0.3 is 4.74 Å². The largest absolute Gasteiger partial charge is 0.451 e. The molecule has 17 heavy (non-hydrogen) atoms. The number of aryl methyl sites for hydroxylation is 1. The van der Waals surface area contributed by atoms with Crippen molar-refractivity contribution in [3.63, 3.8) is 0 Å². The molecule has 0 unspecified atom stereocenters. The molecule has 1 amide bonds. The van der Waals surface area contributed by atoms with Crippen LogP contribution < -0.4 is 0 Å². The summed E-state index contributed by atoms with van der Waals surface area (Å²) in [6.07, 6.45) is 1.24. The van der Waals surface area contributed by atoms with Crippen molar-refractivity contribution in [2.45, 2.75) is 11.8 Å². The quantitative estimate of drug-likeness (QED) is 0.441. The number of carbonyl (C=O) groups excluding carboxylic acids is 1. The van der Waals surface area contributed by atoms with Crippen molar-refractivity contribution in [2.24, 2.45) is 4.99 Å². The molecule has 0 aromatic heterocycles. The van der Waals surface area contributed by atoms with E-state index in [1.165, 1.54) is 30.6 Å². The Morgan fingerprint density at radius 3 is 2.71 bits per heavy atom. The molecule has 6 heteroatoms. The van der Waals surface area contributed by atoms with Gasteiger partial charge in [0.25, 0.3) is 0 Å². The Balaban J connectivity index is 2.88. The highest BCUT2D eigenvalue weighted by Gasteiger charge is 2.08. The van der Waals surface area contributed by atoms with Crippen LogP contribution in [0.5, 0.6) is 0 Å². The predicted molar refractivity (Wildman–Crippen MR) is 75.4 cm³/mol. The first kappa shape index (κ1) is 14.4. The minimum absolute atomic E-state index is 0.600. The van der Waals surface area contributed by atoms with Crippen LogP contribution in [0.15, 0.2) is 28.1 Å². The SMILES string of the molecule is COC(=O)/N=C(\SC)Sc1ccc(C)cc1Cl. The molecule has 0 aliphatic rings. The van der Waals surface area contributed by atoms with Crippen LogP contribution in [0.4, 0.5) is 4.79 Å². The zero-order valence-corrected chi connectivity index (χ0v) is 12.1. The van der Waals surface area contributed by atoms with Crippen molar-refractivity contribution < 1.29 is 9.53 Å². The highest BCUT2D eigenvalue weighted by Crippen LogP contribution is 2.31. The number of benzene rings is 1. The van der Waals surface area contributed by atoms with Gasteiger partial charge in [-0.05, 0) is 30.9 Å². The molecule has 0 heterocycles. The summed E-state index contributed by atoms with van der Waals surface area (Å²) in [6.45, 7) is 1.97. The summed E-state index contributed by atoms with van der Waals surface area (Å²) in [5.74, 6) is 0. The monoisotopic (exact) mass is 289 g/mol. The molecule has 1 rings (SSSR count). The zero-order valence-electron chi connectivity index (χ0n) is 9.69. The normalized spacial score (nSPS) is 11.4. The first-order valence-electron chi connectivity index (χ1n) is 4.71. The standard InChI is InChI=1S/C11H12ClNO2S2/c1-7-4-5-9(8(12)6-7)17-11(16-3)13-10(14)15-2/h4-6H,1-3H3/b13-11+. The third kappa shape index (κ3) is 4.61. The van der Waals surface area contributed by atoms with Gasteiger partial charge in [-0.3, -0.25) is 0 Å². The fourth-order valence-electron chi connectivity index (χ4n) is 1.01. The maximum Gasteiger partial charge on any atom is 0.434 e. The van der Waals surface area contributed by atoms with Crippen molar-refractivity contribution in [1.82, 2.24) is 0 Å². The molecule has 0 aliphatic carbocycles. The van der Waals surface area contributed by atoms with Crippen molar-refractivity contribution in [3.05, 3.63) is 28.8 Å². The number of ether oxygens (including phenoxy) is 1. The average Bonchev–Trinajstić information content (AvgIpc) is 2.31. The van der Waals surface area contributed by atoms with Crippen molar-refractivity contribution in [3.8, 4) is 0 Å². The van der Waals surface area contributed by atoms with E-state index < -0.39 is 6.09 Å². The Hall–Kier alpha value is -0.650. The predicted octanol–water partition coefficient (Wildman–Crippen LogP) is 4.23. The Morgan fingerprint density at radius 2 is 2.18 bits per heavy atom. The summed E-state index contributed by atoms with van der Waals surface area (Å²) >= 11 is 8.82. The second kappa shape index (κ2) is 6.93. The number of thioether (sulfide) groups is 2. The van der Waals surface area contributed by atoms with Gasteiger partial charge in [0.1, 0.15) is 4.38 Å². The highest BCUT2D eigenvalue weighted by molar-refractivity contribution is 8.38. The van der Waals surface area contributed by atoms with Gasteiger partial charge in [-0.1, -0.05) is 29.4 Å². The molecule has 0 bridgehead atoms. The summed E-state index contributed by atoms with van der Waals surface area (Å²) in [4.78, 5) is 15.7. The smallest absolute Gasteiger partial charge is 0.434 e. The fraction of sp³-hybridized carbons (Fsp3) is 0.273. The molecule has 0 radical (unpaired) electrons. The minimum Gasteiger partial charge on any atom is -0.451 e. The molecule has 0 aliphatic heterocycles. The van der Waals surface area contributed by atoms with E-state index in [1.807, 2.05) is 31.4 Å². The van der Waals surface area contributed by atoms with Crippen LogP contribution in [0.25, 0.3) is 0 Å². The van der Waals surface area contributed by atoms with Gasteiger partial charge in [-0.15, -0.1) is 11.8 Å². The summed E-state index contributed by atoms with van der Waals surface area (Å²) in [5, 5.41) is 0.654. The third-order valence-electron chi connectivity index (χ3n) is 1.82. The first-order chi connectivity index (χ1) is 8.06. The van der Waals surface area contributed by atoms with Crippen LogP contribution in [0.1, 0.15) is 5.56 Å². The van der Waals surface area contributed by atoms with E-state index in [9.17, 15) is 4.79 Å². The van der Waals surface area contributed by atoms with Crippen molar-refractivity contribution in [1.29, 1.82) is 0 Å². The van der Waals surface area contributed by atoms with E-state index in [2.05, 4.69) is 9.73 Å². The highest BCUT2D eigenvalue weighted by atomic mass is 35.5. The van der Waals surface area contributed by atoms with Crippen LogP contribution in [-0.4, -0.2) is 23.8 Å². The van der Waals surface area contributed by atoms with E-state index in [0.717, 1.165) is 10.5 Å². The molecule has 3 nitrogen and oxygen atoms in total. The van der Waals surface area contributed by atoms with Crippen LogP contribution in [0.2, 0.25) is 5.02 Å². The summed E-state index contributed by atoms with van der Waals surface area (Å²) < 4.78 is 5.08. The average molecular weight is 290 g/mol. The maximum atomic E-state index is 11.0. The third-order valence-corrected chi connectivity index (χ3v) is 4.27. The van der Waals surface area contributed by atoms with E-state index in [4.69, 9.17) is 11.6 Å². The van der Waals surface area contributed by atoms with Gasteiger partial charge >= 0.3 is 6.09 Å². The number of methoxy groups -OCH3 is 1. The van der Waals surface area contributed by atoms with Gasteiger partial charge in [0.15, 0.2) is 0 Å². The molecule has 1 aromatic rings. The lowest BCUT2D eigenvalue weighted by Gasteiger charge is -2.05. The lowest BCUT2D eigenvalue weighted by atomic mass is 10.2. The number of halogens is 1. The Kier molecular flexibility index (Phi) is 5.88. The zero-order chi connectivity index (χ0) is 12.8. The van der Waals surface area contributed by atoms with Crippen LogP contribution in [0, 0.1) is 6.92 Å². The van der Waals surface area contributed by atoms with E-state index >= 15 is 0 Å². The molecule has 92 valence electrons. The first-order valence-corrected chi connectivity index (χ1v) is 7.13. The van der Waals surface area contributed by atoms with Gasteiger partial charge in [-0.25, -0.2) is 4.79 Å². The molecular weight excluding hydrogens is 278 g/mol. The van der Waals surface area contributed by atoms with Crippen LogP contribution >= 0.6 is 35.1 Å². The molecular formula is C11H12ClNO2S2. The number of aliphatic imine (C=N–C) groups is 1. The molecule has 0 N–H and O–H groups in total. The molecule has 0 fully saturated rings. The summed E-state index contributed by atoms with van der Waals surface area (Å²) in [6, 6.07) is 5.75. The lowest BCUT2D eigenvalue weighted by molar-refractivity contribution is 0.183. The topological polar surface area (TPSA) is 38.7 Å². The number of carbonyl (C=O) groups is 1. The molecule has 0 atom stereocenters.